The number of nitrogens with zero attached hydrogens (tertiary/aromatic N) is 2. The third kappa shape index (κ3) is 5.44. The second kappa shape index (κ2) is 7.60. The highest BCUT2D eigenvalue weighted by Gasteiger charge is 2.17. The molecule has 16 heavy (non-hydrogen) atoms. The van der Waals surface area contributed by atoms with Crippen LogP contribution in [0, 0.1) is 0 Å². The summed E-state index contributed by atoms with van der Waals surface area (Å²) in [6, 6.07) is 0. The number of ether oxygens (including phenoxy) is 1. The molecule has 1 fully saturated rings. The molecule has 0 saturated carbocycles. The van der Waals surface area contributed by atoms with E-state index in [-0.39, 0.29) is 6.54 Å². The van der Waals surface area contributed by atoms with Gasteiger partial charge in [-0.1, -0.05) is 0 Å². The number of piperazine rings is 1. The van der Waals surface area contributed by atoms with Crippen molar-refractivity contribution >= 4 is 5.97 Å². The van der Waals surface area contributed by atoms with Gasteiger partial charge in [0.05, 0.1) is 6.54 Å². The molecule has 0 amide bonds. The predicted molar refractivity (Wildman–Crippen MR) is 61.6 cm³/mol. The summed E-state index contributed by atoms with van der Waals surface area (Å²) >= 11 is 0. The first-order valence-corrected chi connectivity index (χ1v) is 5.88. The molecule has 0 aromatic heterocycles. The van der Waals surface area contributed by atoms with Gasteiger partial charge in [-0.05, 0) is 19.4 Å². The number of carboxylic acid groups (broad SMARTS) is 1. The van der Waals surface area contributed by atoms with Crippen LogP contribution in [0.25, 0.3) is 0 Å². The highest BCUT2D eigenvalue weighted by molar-refractivity contribution is 5.69. The van der Waals surface area contributed by atoms with Gasteiger partial charge in [0, 0.05) is 39.9 Å². The summed E-state index contributed by atoms with van der Waals surface area (Å²) < 4.78 is 5.00. The average Bonchev–Trinajstić information content (AvgIpc) is 2.26. The van der Waals surface area contributed by atoms with Crippen molar-refractivity contribution in [3.63, 3.8) is 0 Å². The van der Waals surface area contributed by atoms with Crippen LogP contribution in [-0.2, 0) is 9.53 Å². The van der Waals surface area contributed by atoms with Gasteiger partial charge >= 0.3 is 5.97 Å². The van der Waals surface area contributed by atoms with Crippen molar-refractivity contribution in [2.45, 2.75) is 12.8 Å². The summed E-state index contributed by atoms with van der Waals surface area (Å²) in [6.07, 6.45) is 2.26. The Balaban J connectivity index is 2.05. The standard InChI is InChI=1S/C11H22N2O3/c1-16-9-3-2-4-12-5-7-13(8-6-12)10-11(14)15/h2-10H2,1H3,(H,14,15). The zero-order chi connectivity index (χ0) is 11.8. The Hall–Kier alpha value is -0.650. The lowest BCUT2D eigenvalue weighted by Gasteiger charge is -2.33. The number of carbonyl (C=O) groups is 1. The zero-order valence-corrected chi connectivity index (χ0v) is 10.0. The van der Waals surface area contributed by atoms with Gasteiger partial charge in [-0.25, -0.2) is 0 Å². The second-order valence-corrected chi connectivity index (χ2v) is 4.21. The average molecular weight is 230 g/mol. The molecular weight excluding hydrogens is 208 g/mol. The molecule has 1 saturated heterocycles. The van der Waals surface area contributed by atoms with Crippen LogP contribution in [0.1, 0.15) is 12.8 Å². The van der Waals surface area contributed by atoms with Crippen LogP contribution in [0.15, 0.2) is 0 Å². The summed E-state index contributed by atoms with van der Waals surface area (Å²) in [5, 5.41) is 8.66. The third-order valence-corrected chi connectivity index (χ3v) is 2.90. The van der Waals surface area contributed by atoms with E-state index in [4.69, 9.17) is 9.84 Å². The molecule has 1 heterocycles. The van der Waals surface area contributed by atoms with Crippen molar-refractivity contribution in [2.75, 3.05) is 53.0 Å². The van der Waals surface area contributed by atoms with Gasteiger partial charge in [0.1, 0.15) is 0 Å². The van der Waals surface area contributed by atoms with Crippen LogP contribution in [0.3, 0.4) is 0 Å². The smallest absolute Gasteiger partial charge is 0.317 e. The Labute approximate surface area is 97.0 Å². The Morgan fingerprint density at radius 1 is 1.19 bits per heavy atom. The van der Waals surface area contributed by atoms with Crippen LogP contribution in [0.2, 0.25) is 0 Å². The number of unbranched alkanes of at least 4 members (excludes halogenated alkanes) is 1. The van der Waals surface area contributed by atoms with Crippen LogP contribution < -0.4 is 0 Å². The van der Waals surface area contributed by atoms with Gasteiger partial charge in [0.2, 0.25) is 0 Å². The molecule has 5 heteroatoms. The molecule has 0 unspecified atom stereocenters. The van der Waals surface area contributed by atoms with E-state index in [1.165, 1.54) is 0 Å². The van der Waals surface area contributed by atoms with Gasteiger partial charge < -0.3 is 14.7 Å². The number of hydrogen-bond donors (Lipinski definition) is 1. The minimum absolute atomic E-state index is 0.178. The van der Waals surface area contributed by atoms with Gasteiger partial charge in [-0.15, -0.1) is 0 Å². The summed E-state index contributed by atoms with van der Waals surface area (Å²) in [5.74, 6) is -0.728. The maximum Gasteiger partial charge on any atom is 0.317 e. The highest BCUT2D eigenvalue weighted by atomic mass is 16.5. The van der Waals surface area contributed by atoms with E-state index < -0.39 is 5.97 Å². The van der Waals surface area contributed by atoms with Gasteiger partial charge in [0.25, 0.3) is 0 Å². The first-order chi connectivity index (χ1) is 7.72. The summed E-state index contributed by atoms with van der Waals surface area (Å²) in [5.41, 5.74) is 0. The van der Waals surface area contributed by atoms with Crippen molar-refractivity contribution in [2.24, 2.45) is 0 Å². The first kappa shape index (κ1) is 13.4. The molecule has 1 rings (SSSR count). The lowest BCUT2D eigenvalue weighted by atomic mass is 10.2. The molecule has 94 valence electrons. The van der Waals surface area contributed by atoms with Crippen LogP contribution in [-0.4, -0.2) is 73.9 Å². The topological polar surface area (TPSA) is 53.0 Å². The van der Waals surface area contributed by atoms with Crippen LogP contribution >= 0.6 is 0 Å². The Bertz CT molecular complexity index is 203. The molecule has 0 aromatic rings. The molecule has 0 bridgehead atoms. The fourth-order valence-corrected chi connectivity index (χ4v) is 1.94. The molecule has 5 nitrogen and oxygen atoms in total. The SMILES string of the molecule is COCCCCN1CCN(CC(=O)O)CC1. The van der Waals surface area contributed by atoms with Gasteiger partial charge in [0.15, 0.2) is 0 Å². The Morgan fingerprint density at radius 3 is 2.38 bits per heavy atom. The van der Waals surface area contributed by atoms with Crippen molar-refractivity contribution in [1.29, 1.82) is 0 Å². The molecule has 1 aliphatic rings. The van der Waals surface area contributed by atoms with E-state index in [0.29, 0.717) is 0 Å². The molecule has 0 atom stereocenters. The quantitative estimate of drug-likeness (QED) is 0.629. The molecule has 1 aliphatic heterocycles. The normalized spacial score (nSPS) is 18.8. The summed E-state index contributed by atoms with van der Waals surface area (Å²) in [4.78, 5) is 14.9. The van der Waals surface area contributed by atoms with E-state index in [1.54, 1.807) is 7.11 Å². The monoisotopic (exact) mass is 230 g/mol. The second-order valence-electron chi connectivity index (χ2n) is 4.21. The largest absolute Gasteiger partial charge is 0.480 e. The number of rotatable bonds is 7. The Kier molecular flexibility index (Phi) is 6.37. The lowest BCUT2D eigenvalue weighted by Crippen LogP contribution is -2.48. The lowest BCUT2D eigenvalue weighted by molar-refractivity contribution is -0.138. The summed E-state index contributed by atoms with van der Waals surface area (Å²) in [6.45, 7) is 5.83. The number of aliphatic carboxylic acids is 1. The number of hydrogen-bond acceptors (Lipinski definition) is 4. The maximum absolute atomic E-state index is 10.5. The molecule has 0 aliphatic carbocycles. The van der Waals surface area contributed by atoms with E-state index >= 15 is 0 Å². The van der Waals surface area contributed by atoms with Crippen molar-refractivity contribution in [3.8, 4) is 0 Å². The number of methoxy groups -OCH3 is 1. The Morgan fingerprint density at radius 2 is 1.81 bits per heavy atom. The predicted octanol–water partition coefficient (Wildman–Crippen LogP) is 0.115. The molecular formula is C11H22N2O3. The van der Waals surface area contributed by atoms with E-state index in [0.717, 1.165) is 52.2 Å². The minimum Gasteiger partial charge on any atom is -0.480 e. The van der Waals surface area contributed by atoms with E-state index in [9.17, 15) is 4.79 Å². The van der Waals surface area contributed by atoms with Crippen molar-refractivity contribution in [3.05, 3.63) is 0 Å². The van der Waals surface area contributed by atoms with Gasteiger partial charge in [-0.2, -0.15) is 0 Å². The first-order valence-electron chi connectivity index (χ1n) is 5.88. The molecule has 0 aromatic carbocycles. The molecule has 1 N–H and O–H groups in total. The summed E-state index contributed by atoms with van der Waals surface area (Å²) in [7, 11) is 1.73. The zero-order valence-electron chi connectivity index (χ0n) is 10.0. The van der Waals surface area contributed by atoms with E-state index in [1.807, 2.05) is 4.90 Å². The van der Waals surface area contributed by atoms with Crippen LogP contribution in [0.5, 0.6) is 0 Å². The fourth-order valence-electron chi connectivity index (χ4n) is 1.94. The van der Waals surface area contributed by atoms with Crippen LogP contribution in [0.4, 0.5) is 0 Å². The minimum atomic E-state index is -0.728. The van der Waals surface area contributed by atoms with Gasteiger partial charge in [-0.3, -0.25) is 9.69 Å². The molecule has 0 spiro atoms. The van der Waals surface area contributed by atoms with E-state index in [2.05, 4.69) is 4.90 Å². The van der Waals surface area contributed by atoms with Crippen molar-refractivity contribution in [1.82, 2.24) is 9.80 Å². The van der Waals surface area contributed by atoms with Crippen molar-refractivity contribution < 1.29 is 14.6 Å². The molecule has 0 radical (unpaired) electrons. The fraction of sp³-hybridized carbons (Fsp3) is 0.909. The highest BCUT2D eigenvalue weighted by Crippen LogP contribution is 2.03. The maximum atomic E-state index is 10.5. The number of carboxylic acids is 1. The third-order valence-electron chi connectivity index (χ3n) is 2.90.